The summed E-state index contributed by atoms with van der Waals surface area (Å²) in [4.78, 5) is 24.8. The number of carbonyl (C=O) groups excluding carboxylic acids is 2. The molecule has 4 nitrogen and oxygen atoms in total. The Hall–Kier alpha value is -2.55. The number of benzene rings is 2. The zero-order valence-electron chi connectivity index (χ0n) is 15.8. The lowest BCUT2D eigenvalue weighted by Gasteiger charge is -2.14. The Labute approximate surface area is 170 Å². The van der Waals surface area contributed by atoms with Crippen molar-refractivity contribution < 1.29 is 27.2 Å². The summed E-state index contributed by atoms with van der Waals surface area (Å²) in [6.45, 7) is 3.24. The maximum absolute atomic E-state index is 13.2. The molecule has 0 aromatic heterocycles. The second-order valence-electron chi connectivity index (χ2n) is 6.49. The Kier molecular flexibility index (Phi) is 7.66. The van der Waals surface area contributed by atoms with Gasteiger partial charge in [-0.2, -0.15) is 13.2 Å². The van der Waals surface area contributed by atoms with Gasteiger partial charge in [-0.25, -0.2) is 4.39 Å². The number of hydrogen-bond acceptors (Lipinski definition) is 3. The fourth-order valence-electron chi connectivity index (χ4n) is 2.52. The molecule has 2 aromatic carbocycles. The minimum atomic E-state index is -4.74. The number of alkyl halides is 3. The molecule has 0 fully saturated rings. The van der Waals surface area contributed by atoms with Crippen molar-refractivity contribution in [2.45, 2.75) is 37.5 Å². The van der Waals surface area contributed by atoms with Crippen LogP contribution in [0.1, 0.15) is 35.3 Å². The number of amides is 2. The van der Waals surface area contributed by atoms with Gasteiger partial charge in [-0.15, -0.1) is 11.8 Å². The van der Waals surface area contributed by atoms with Crippen molar-refractivity contribution in [3.63, 3.8) is 0 Å². The average Bonchev–Trinajstić information content (AvgIpc) is 2.64. The fourth-order valence-corrected chi connectivity index (χ4v) is 3.39. The molecule has 0 bridgehead atoms. The SMILES string of the molecule is CC(C)NC(=O)CSc1ccccc1C(=O)NCc1ccc(F)cc1C(F)(F)F. The molecule has 0 saturated heterocycles. The molecule has 0 heterocycles. The summed E-state index contributed by atoms with van der Waals surface area (Å²) in [7, 11) is 0. The van der Waals surface area contributed by atoms with Gasteiger partial charge in [0.2, 0.25) is 5.91 Å². The van der Waals surface area contributed by atoms with Gasteiger partial charge >= 0.3 is 6.18 Å². The molecule has 0 saturated carbocycles. The molecule has 2 rings (SSSR count). The van der Waals surface area contributed by atoms with Crippen LogP contribution in [0.25, 0.3) is 0 Å². The zero-order chi connectivity index (χ0) is 21.6. The largest absolute Gasteiger partial charge is 0.416 e. The number of halogens is 4. The van der Waals surface area contributed by atoms with Crippen LogP contribution in [0, 0.1) is 5.82 Å². The van der Waals surface area contributed by atoms with Crippen molar-refractivity contribution in [2.24, 2.45) is 0 Å². The second-order valence-corrected chi connectivity index (χ2v) is 7.51. The van der Waals surface area contributed by atoms with Crippen molar-refractivity contribution in [1.29, 1.82) is 0 Å². The molecule has 2 N–H and O–H groups in total. The molecule has 0 aliphatic carbocycles. The highest BCUT2D eigenvalue weighted by molar-refractivity contribution is 8.00. The van der Waals surface area contributed by atoms with Crippen LogP contribution in [0.4, 0.5) is 17.6 Å². The van der Waals surface area contributed by atoms with E-state index in [2.05, 4.69) is 10.6 Å². The number of nitrogens with one attached hydrogen (secondary N) is 2. The van der Waals surface area contributed by atoms with Crippen LogP contribution in [0.5, 0.6) is 0 Å². The molecule has 0 unspecified atom stereocenters. The highest BCUT2D eigenvalue weighted by atomic mass is 32.2. The number of carbonyl (C=O) groups is 2. The monoisotopic (exact) mass is 428 g/mol. The van der Waals surface area contributed by atoms with Crippen molar-refractivity contribution in [3.8, 4) is 0 Å². The lowest BCUT2D eigenvalue weighted by molar-refractivity contribution is -0.138. The highest BCUT2D eigenvalue weighted by Gasteiger charge is 2.33. The van der Waals surface area contributed by atoms with Crippen LogP contribution in [0.2, 0.25) is 0 Å². The summed E-state index contributed by atoms with van der Waals surface area (Å²) in [6.07, 6.45) is -4.74. The van der Waals surface area contributed by atoms with Gasteiger partial charge in [0, 0.05) is 17.5 Å². The molecule has 2 aromatic rings. The highest BCUT2D eigenvalue weighted by Crippen LogP contribution is 2.32. The van der Waals surface area contributed by atoms with Crippen molar-refractivity contribution in [2.75, 3.05) is 5.75 Å². The minimum absolute atomic E-state index is 0.0137. The third-order valence-corrected chi connectivity index (χ3v) is 4.83. The topological polar surface area (TPSA) is 58.2 Å². The molecule has 29 heavy (non-hydrogen) atoms. The van der Waals surface area contributed by atoms with Gasteiger partial charge in [0.1, 0.15) is 5.82 Å². The predicted octanol–water partition coefficient (Wildman–Crippen LogP) is 4.39. The molecule has 9 heteroatoms. The third-order valence-electron chi connectivity index (χ3n) is 3.76. The van der Waals surface area contributed by atoms with Gasteiger partial charge in [0.15, 0.2) is 0 Å². The lowest BCUT2D eigenvalue weighted by atomic mass is 10.1. The van der Waals surface area contributed by atoms with Crippen LogP contribution in [0.3, 0.4) is 0 Å². The maximum atomic E-state index is 13.2. The number of hydrogen-bond donors (Lipinski definition) is 2. The third kappa shape index (κ3) is 6.77. The Morgan fingerprint density at radius 2 is 1.79 bits per heavy atom. The van der Waals surface area contributed by atoms with E-state index in [1.807, 2.05) is 13.8 Å². The first kappa shape index (κ1) is 22.7. The van der Waals surface area contributed by atoms with E-state index in [-0.39, 0.29) is 28.8 Å². The molecule has 0 atom stereocenters. The van der Waals surface area contributed by atoms with E-state index in [1.54, 1.807) is 18.2 Å². The molecular formula is C20H20F4N2O2S. The molecule has 0 radical (unpaired) electrons. The normalized spacial score (nSPS) is 11.4. The minimum Gasteiger partial charge on any atom is -0.353 e. The first-order valence-corrected chi connectivity index (χ1v) is 9.71. The first-order chi connectivity index (χ1) is 13.6. The maximum Gasteiger partial charge on any atom is 0.416 e. The van der Waals surface area contributed by atoms with E-state index >= 15 is 0 Å². The first-order valence-electron chi connectivity index (χ1n) is 8.73. The van der Waals surface area contributed by atoms with E-state index < -0.39 is 30.0 Å². The Morgan fingerprint density at radius 3 is 2.45 bits per heavy atom. The summed E-state index contributed by atoms with van der Waals surface area (Å²) >= 11 is 1.15. The standard InChI is InChI=1S/C20H20F4N2O2S/c1-12(2)26-18(27)11-29-17-6-4-3-5-15(17)19(28)25-10-13-7-8-14(21)9-16(13)20(22,23)24/h3-9,12H,10-11H2,1-2H3,(H,25,28)(H,26,27). The van der Waals surface area contributed by atoms with Gasteiger partial charge in [-0.1, -0.05) is 18.2 Å². The van der Waals surface area contributed by atoms with E-state index in [9.17, 15) is 27.2 Å². The van der Waals surface area contributed by atoms with Crippen LogP contribution in [-0.2, 0) is 17.5 Å². The smallest absolute Gasteiger partial charge is 0.353 e. The quantitative estimate of drug-likeness (QED) is 0.508. The molecule has 0 aliphatic heterocycles. The van der Waals surface area contributed by atoms with E-state index in [1.165, 1.54) is 6.07 Å². The van der Waals surface area contributed by atoms with Crippen LogP contribution < -0.4 is 10.6 Å². The Bertz CT molecular complexity index is 885. The van der Waals surface area contributed by atoms with E-state index in [0.717, 1.165) is 23.9 Å². The molecule has 0 spiro atoms. The van der Waals surface area contributed by atoms with Gasteiger partial charge in [0.25, 0.3) is 5.91 Å². The average molecular weight is 428 g/mol. The van der Waals surface area contributed by atoms with Gasteiger partial charge in [-0.3, -0.25) is 9.59 Å². The summed E-state index contributed by atoms with van der Waals surface area (Å²) in [5, 5.41) is 5.17. The fraction of sp³-hybridized carbons (Fsp3) is 0.300. The van der Waals surface area contributed by atoms with Gasteiger partial charge in [0.05, 0.1) is 16.9 Å². The lowest BCUT2D eigenvalue weighted by Crippen LogP contribution is -2.31. The Morgan fingerprint density at radius 1 is 1.10 bits per heavy atom. The number of rotatable bonds is 7. The van der Waals surface area contributed by atoms with Crippen LogP contribution >= 0.6 is 11.8 Å². The van der Waals surface area contributed by atoms with E-state index in [4.69, 9.17) is 0 Å². The van der Waals surface area contributed by atoms with Crippen LogP contribution in [0.15, 0.2) is 47.4 Å². The summed E-state index contributed by atoms with van der Waals surface area (Å²) in [5.41, 5.74) is -1.13. The number of thioether (sulfide) groups is 1. The zero-order valence-corrected chi connectivity index (χ0v) is 16.6. The summed E-state index contributed by atoms with van der Waals surface area (Å²) < 4.78 is 52.5. The van der Waals surface area contributed by atoms with Gasteiger partial charge < -0.3 is 10.6 Å². The molecule has 156 valence electrons. The molecule has 2 amide bonds. The second kappa shape index (κ2) is 9.78. The summed E-state index contributed by atoms with van der Waals surface area (Å²) in [5.74, 6) is -1.69. The predicted molar refractivity (Wildman–Crippen MR) is 103 cm³/mol. The van der Waals surface area contributed by atoms with Crippen molar-refractivity contribution in [1.82, 2.24) is 10.6 Å². The van der Waals surface area contributed by atoms with E-state index in [0.29, 0.717) is 11.0 Å². The van der Waals surface area contributed by atoms with Crippen LogP contribution in [-0.4, -0.2) is 23.6 Å². The van der Waals surface area contributed by atoms with Gasteiger partial charge in [-0.05, 0) is 43.7 Å². The van der Waals surface area contributed by atoms with Crippen molar-refractivity contribution in [3.05, 3.63) is 65.0 Å². The summed E-state index contributed by atoms with van der Waals surface area (Å²) in [6, 6.07) is 8.78. The Balaban J connectivity index is 2.10. The molecule has 0 aliphatic rings. The molecular weight excluding hydrogens is 408 g/mol. The van der Waals surface area contributed by atoms with Crippen molar-refractivity contribution >= 4 is 23.6 Å².